The SMILES string of the molecule is O=C(CNC(=O)c1ccccc1Cl)OCc1ccc(Cl)cc1. The van der Waals surface area contributed by atoms with Gasteiger partial charge in [-0.3, -0.25) is 9.59 Å². The molecule has 1 amide bonds. The van der Waals surface area contributed by atoms with Crippen LogP contribution in [0.5, 0.6) is 0 Å². The van der Waals surface area contributed by atoms with Gasteiger partial charge in [-0.15, -0.1) is 0 Å². The van der Waals surface area contributed by atoms with E-state index in [-0.39, 0.29) is 13.2 Å². The largest absolute Gasteiger partial charge is 0.460 e. The maximum absolute atomic E-state index is 11.9. The zero-order valence-corrected chi connectivity index (χ0v) is 13.0. The van der Waals surface area contributed by atoms with Crippen molar-refractivity contribution in [2.75, 3.05) is 6.54 Å². The van der Waals surface area contributed by atoms with Gasteiger partial charge in [0.15, 0.2) is 0 Å². The van der Waals surface area contributed by atoms with Crippen molar-refractivity contribution in [1.29, 1.82) is 0 Å². The quantitative estimate of drug-likeness (QED) is 0.850. The molecule has 6 heteroatoms. The molecule has 0 heterocycles. The lowest BCUT2D eigenvalue weighted by atomic mass is 10.2. The molecule has 0 fully saturated rings. The lowest BCUT2D eigenvalue weighted by Crippen LogP contribution is -2.30. The van der Waals surface area contributed by atoms with Crippen molar-refractivity contribution in [3.63, 3.8) is 0 Å². The van der Waals surface area contributed by atoms with Crippen LogP contribution in [0.1, 0.15) is 15.9 Å². The summed E-state index contributed by atoms with van der Waals surface area (Å²) >= 11 is 11.7. The molecule has 1 N–H and O–H groups in total. The van der Waals surface area contributed by atoms with E-state index in [1.165, 1.54) is 0 Å². The molecule has 0 atom stereocenters. The number of rotatable bonds is 5. The zero-order valence-electron chi connectivity index (χ0n) is 11.5. The number of carbonyl (C=O) groups excluding carboxylic acids is 2. The number of hydrogen-bond acceptors (Lipinski definition) is 3. The normalized spacial score (nSPS) is 10.1. The van der Waals surface area contributed by atoms with Gasteiger partial charge in [0.1, 0.15) is 13.2 Å². The number of hydrogen-bond donors (Lipinski definition) is 1. The van der Waals surface area contributed by atoms with E-state index in [1.807, 2.05) is 0 Å². The minimum absolute atomic E-state index is 0.123. The summed E-state index contributed by atoms with van der Waals surface area (Å²) in [4.78, 5) is 23.5. The van der Waals surface area contributed by atoms with Gasteiger partial charge in [-0.25, -0.2) is 0 Å². The van der Waals surface area contributed by atoms with E-state index in [2.05, 4.69) is 5.32 Å². The number of benzene rings is 2. The monoisotopic (exact) mass is 337 g/mol. The Morgan fingerprint density at radius 3 is 2.36 bits per heavy atom. The first-order chi connectivity index (χ1) is 10.6. The fourth-order valence-electron chi connectivity index (χ4n) is 1.69. The second-order valence-corrected chi connectivity index (χ2v) is 5.29. The lowest BCUT2D eigenvalue weighted by Gasteiger charge is -2.07. The highest BCUT2D eigenvalue weighted by atomic mass is 35.5. The van der Waals surface area contributed by atoms with Gasteiger partial charge in [0.05, 0.1) is 10.6 Å². The summed E-state index contributed by atoms with van der Waals surface area (Å²) in [6, 6.07) is 13.6. The van der Waals surface area contributed by atoms with E-state index in [0.29, 0.717) is 15.6 Å². The third-order valence-corrected chi connectivity index (χ3v) is 3.41. The zero-order chi connectivity index (χ0) is 15.9. The van der Waals surface area contributed by atoms with Crippen LogP contribution in [0.2, 0.25) is 10.0 Å². The first-order valence-electron chi connectivity index (χ1n) is 6.49. The maximum atomic E-state index is 11.9. The molecule has 4 nitrogen and oxygen atoms in total. The third kappa shape index (κ3) is 4.76. The Hall–Kier alpha value is -2.04. The first-order valence-corrected chi connectivity index (χ1v) is 7.24. The van der Waals surface area contributed by atoms with Gasteiger partial charge in [0.2, 0.25) is 0 Å². The summed E-state index contributed by atoms with van der Waals surface area (Å²) in [5.74, 6) is -0.954. The van der Waals surface area contributed by atoms with Crippen molar-refractivity contribution in [3.8, 4) is 0 Å². The topological polar surface area (TPSA) is 55.4 Å². The number of nitrogens with one attached hydrogen (secondary N) is 1. The van der Waals surface area contributed by atoms with Crippen LogP contribution in [0, 0.1) is 0 Å². The van der Waals surface area contributed by atoms with Crippen LogP contribution in [0.3, 0.4) is 0 Å². The number of amides is 1. The molecule has 2 rings (SSSR count). The van der Waals surface area contributed by atoms with Crippen molar-refractivity contribution in [1.82, 2.24) is 5.32 Å². The fraction of sp³-hybridized carbons (Fsp3) is 0.125. The van der Waals surface area contributed by atoms with Crippen molar-refractivity contribution in [3.05, 3.63) is 69.7 Å². The van der Waals surface area contributed by atoms with Crippen LogP contribution >= 0.6 is 23.2 Å². The van der Waals surface area contributed by atoms with E-state index in [4.69, 9.17) is 27.9 Å². The van der Waals surface area contributed by atoms with Gasteiger partial charge in [0, 0.05) is 5.02 Å². The van der Waals surface area contributed by atoms with Gasteiger partial charge < -0.3 is 10.1 Å². The Bertz CT molecular complexity index is 671. The number of halogens is 2. The molecule has 2 aromatic carbocycles. The number of carbonyl (C=O) groups is 2. The first kappa shape index (κ1) is 16.3. The van der Waals surface area contributed by atoms with E-state index >= 15 is 0 Å². The Labute approximate surface area is 138 Å². The molecule has 0 saturated heterocycles. The summed E-state index contributed by atoms with van der Waals surface area (Å²) in [7, 11) is 0. The molecule has 2 aromatic rings. The number of esters is 1. The van der Waals surface area contributed by atoms with Crippen molar-refractivity contribution < 1.29 is 14.3 Å². The Morgan fingerprint density at radius 2 is 1.68 bits per heavy atom. The van der Waals surface area contributed by atoms with Crippen LogP contribution in [0.4, 0.5) is 0 Å². The molecule has 0 aliphatic heterocycles. The van der Waals surface area contributed by atoms with E-state index in [9.17, 15) is 9.59 Å². The van der Waals surface area contributed by atoms with Gasteiger partial charge in [-0.2, -0.15) is 0 Å². The van der Waals surface area contributed by atoms with Crippen LogP contribution in [0.25, 0.3) is 0 Å². The Morgan fingerprint density at radius 1 is 1.00 bits per heavy atom. The molecule has 22 heavy (non-hydrogen) atoms. The summed E-state index contributed by atoms with van der Waals surface area (Å²) in [5, 5.41) is 3.41. The highest BCUT2D eigenvalue weighted by molar-refractivity contribution is 6.33. The molecule has 0 saturated carbocycles. The minimum Gasteiger partial charge on any atom is -0.460 e. The summed E-state index contributed by atoms with van der Waals surface area (Å²) in [5.41, 5.74) is 1.13. The third-order valence-electron chi connectivity index (χ3n) is 2.82. The predicted octanol–water partition coefficient (Wildman–Crippen LogP) is 3.47. The van der Waals surface area contributed by atoms with E-state index in [1.54, 1.807) is 48.5 Å². The second kappa shape index (κ2) is 7.82. The fourth-order valence-corrected chi connectivity index (χ4v) is 2.04. The minimum atomic E-state index is -0.532. The van der Waals surface area contributed by atoms with Gasteiger partial charge in [-0.05, 0) is 29.8 Å². The second-order valence-electron chi connectivity index (χ2n) is 4.45. The van der Waals surface area contributed by atoms with Crippen molar-refractivity contribution in [2.45, 2.75) is 6.61 Å². The van der Waals surface area contributed by atoms with Crippen molar-refractivity contribution >= 4 is 35.1 Å². The molecular weight excluding hydrogens is 325 g/mol. The molecular formula is C16H13Cl2NO3. The highest BCUT2D eigenvalue weighted by Gasteiger charge is 2.11. The van der Waals surface area contributed by atoms with Gasteiger partial charge >= 0.3 is 5.97 Å². The van der Waals surface area contributed by atoms with Gasteiger partial charge in [0.25, 0.3) is 5.91 Å². The highest BCUT2D eigenvalue weighted by Crippen LogP contribution is 2.14. The maximum Gasteiger partial charge on any atom is 0.325 e. The van der Waals surface area contributed by atoms with Crippen LogP contribution in [0.15, 0.2) is 48.5 Å². The smallest absolute Gasteiger partial charge is 0.325 e. The molecule has 0 aliphatic carbocycles. The van der Waals surface area contributed by atoms with E-state index < -0.39 is 11.9 Å². The summed E-state index contributed by atoms with van der Waals surface area (Å²) in [6.07, 6.45) is 0. The molecule has 0 spiro atoms. The van der Waals surface area contributed by atoms with Crippen LogP contribution in [-0.4, -0.2) is 18.4 Å². The lowest BCUT2D eigenvalue weighted by molar-refractivity contribution is -0.143. The predicted molar refractivity (Wildman–Crippen MR) is 85.0 cm³/mol. The molecule has 114 valence electrons. The Balaban J connectivity index is 1.79. The molecule has 0 bridgehead atoms. The van der Waals surface area contributed by atoms with Crippen LogP contribution in [-0.2, 0) is 16.1 Å². The standard InChI is InChI=1S/C16H13Cl2NO3/c17-12-7-5-11(6-8-12)10-22-15(20)9-19-16(21)13-3-1-2-4-14(13)18/h1-8H,9-10H2,(H,19,21). The average Bonchev–Trinajstić information content (AvgIpc) is 2.52. The average molecular weight is 338 g/mol. The number of ether oxygens (including phenoxy) is 1. The molecule has 0 aromatic heterocycles. The van der Waals surface area contributed by atoms with E-state index in [0.717, 1.165) is 5.56 Å². The molecule has 0 aliphatic rings. The molecule has 0 unspecified atom stereocenters. The Kier molecular flexibility index (Phi) is 5.81. The summed E-state index contributed by atoms with van der Waals surface area (Å²) < 4.78 is 5.05. The van der Waals surface area contributed by atoms with Crippen molar-refractivity contribution in [2.24, 2.45) is 0 Å². The van der Waals surface area contributed by atoms with Gasteiger partial charge in [-0.1, -0.05) is 47.5 Å². The van der Waals surface area contributed by atoms with Crippen LogP contribution < -0.4 is 5.32 Å². The summed E-state index contributed by atoms with van der Waals surface area (Å²) in [6.45, 7) is -0.102. The molecule has 0 radical (unpaired) electrons.